The van der Waals surface area contributed by atoms with Crippen LogP contribution in [0.15, 0.2) is 22.6 Å². The van der Waals surface area contributed by atoms with Gasteiger partial charge in [0.15, 0.2) is 5.58 Å². The SMILES string of the molecule is O=C1C(Nc2nc3cc(F)ccc3o2)CCN1C1CCOCC1. The first kappa shape index (κ1) is 14.4. The molecule has 1 N–H and O–H groups in total. The van der Waals surface area contributed by atoms with E-state index in [0.717, 1.165) is 19.4 Å². The predicted octanol–water partition coefficient (Wildman–Crippen LogP) is 2.16. The minimum Gasteiger partial charge on any atom is -0.424 e. The molecule has 6 nitrogen and oxygen atoms in total. The van der Waals surface area contributed by atoms with Crippen LogP contribution in [0.3, 0.4) is 0 Å². The van der Waals surface area contributed by atoms with E-state index in [-0.39, 0.29) is 29.8 Å². The minimum absolute atomic E-state index is 0.0744. The summed E-state index contributed by atoms with van der Waals surface area (Å²) >= 11 is 0. The van der Waals surface area contributed by atoms with Gasteiger partial charge in [-0.1, -0.05) is 0 Å². The molecule has 2 fully saturated rings. The lowest BCUT2D eigenvalue weighted by atomic mass is 10.1. The normalized spacial score (nSPS) is 22.9. The molecule has 23 heavy (non-hydrogen) atoms. The summed E-state index contributed by atoms with van der Waals surface area (Å²) in [6.07, 6.45) is 2.49. The first-order valence-electron chi connectivity index (χ1n) is 7.91. The molecule has 3 heterocycles. The van der Waals surface area contributed by atoms with Gasteiger partial charge in [-0.15, -0.1) is 0 Å². The average molecular weight is 319 g/mol. The second kappa shape index (κ2) is 5.81. The fraction of sp³-hybridized carbons (Fsp3) is 0.500. The van der Waals surface area contributed by atoms with E-state index in [1.807, 2.05) is 4.90 Å². The molecule has 0 spiro atoms. The third-order valence-corrected chi connectivity index (χ3v) is 4.52. The highest BCUT2D eigenvalue weighted by molar-refractivity contribution is 5.87. The Labute approximate surface area is 132 Å². The number of anilines is 1. The summed E-state index contributed by atoms with van der Waals surface area (Å²) in [5, 5.41) is 3.05. The van der Waals surface area contributed by atoms with E-state index in [4.69, 9.17) is 9.15 Å². The maximum absolute atomic E-state index is 13.2. The molecule has 122 valence electrons. The van der Waals surface area contributed by atoms with Crippen LogP contribution in [0.5, 0.6) is 0 Å². The summed E-state index contributed by atoms with van der Waals surface area (Å²) < 4.78 is 24.1. The largest absolute Gasteiger partial charge is 0.424 e. The first-order valence-corrected chi connectivity index (χ1v) is 7.91. The number of carbonyl (C=O) groups excluding carboxylic acids is 1. The number of carbonyl (C=O) groups is 1. The van der Waals surface area contributed by atoms with Crippen molar-refractivity contribution in [3.05, 3.63) is 24.0 Å². The molecule has 0 bridgehead atoms. The number of hydrogen-bond donors (Lipinski definition) is 1. The lowest BCUT2D eigenvalue weighted by Gasteiger charge is -2.31. The lowest BCUT2D eigenvalue weighted by Crippen LogP contribution is -2.43. The van der Waals surface area contributed by atoms with Crippen molar-refractivity contribution < 1.29 is 18.3 Å². The van der Waals surface area contributed by atoms with Crippen molar-refractivity contribution >= 4 is 23.0 Å². The van der Waals surface area contributed by atoms with Gasteiger partial charge in [-0.3, -0.25) is 4.79 Å². The van der Waals surface area contributed by atoms with E-state index in [1.165, 1.54) is 18.2 Å². The molecule has 1 amide bonds. The van der Waals surface area contributed by atoms with Crippen molar-refractivity contribution in [3.8, 4) is 0 Å². The molecule has 2 aliphatic heterocycles. The highest BCUT2D eigenvalue weighted by Gasteiger charge is 2.37. The van der Waals surface area contributed by atoms with Crippen LogP contribution in [-0.4, -0.2) is 47.6 Å². The number of oxazole rings is 1. The lowest BCUT2D eigenvalue weighted by molar-refractivity contribution is -0.131. The van der Waals surface area contributed by atoms with Crippen LogP contribution in [-0.2, 0) is 9.53 Å². The molecule has 2 aromatic rings. The minimum atomic E-state index is -0.361. The third-order valence-electron chi connectivity index (χ3n) is 4.52. The Balaban J connectivity index is 1.46. The molecule has 2 aliphatic rings. The van der Waals surface area contributed by atoms with Gasteiger partial charge < -0.3 is 19.4 Å². The quantitative estimate of drug-likeness (QED) is 0.939. The van der Waals surface area contributed by atoms with E-state index in [1.54, 1.807) is 0 Å². The maximum atomic E-state index is 13.2. The molecule has 0 aliphatic carbocycles. The maximum Gasteiger partial charge on any atom is 0.296 e. The highest BCUT2D eigenvalue weighted by atomic mass is 19.1. The van der Waals surface area contributed by atoms with Crippen LogP contribution in [0.25, 0.3) is 11.1 Å². The molecule has 1 unspecified atom stereocenters. The van der Waals surface area contributed by atoms with Crippen LogP contribution in [0.4, 0.5) is 10.4 Å². The number of halogens is 1. The Kier molecular flexibility index (Phi) is 3.65. The van der Waals surface area contributed by atoms with Crippen molar-refractivity contribution in [3.63, 3.8) is 0 Å². The van der Waals surface area contributed by atoms with Crippen LogP contribution >= 0.6 is 0 Å². The summed E-state index contributed by atoms with van der Waals surface area (Å²) in [7, 11) is 0. The summed E-state index contributed by atoms with van der Waals surface area (Å²) in [6, 6.07) is 4.36. The number of fused-ring (bicyclic) bond motifs is 1. The van der Waals surface area contributed by atoms with E-state index >= 15 is 0 Å². The number of aromatic nitrogens is 1. The molecular formula is C16H18FN3O3. The van der Waals surface area contributed by atoms with E-state index in [9.17, 15) is 9.18 Å². The van der Waals surface area contributed by atoms with Gasteiger partial charge in [-0.2, -0.15) is 4.98 Å². The Bertz CT molecular complexity index is 726. The number of nitrogens with zero attached hydrogens (tertiary/aromatic N) is 2. The molecule has 1 aromatic carbocycles. The summed E-state index contributed by atoms with van der Waals surface area (Å²) in [6.45, 7) is 2.16. The fourth-order valence-electron chi connectivity index (χ4n) is 3.31. The number of benzene rings is 1. The van der Waals surface area contributed by atoms with Gasteiger partial charge in [-0.25, -0.2) is 4.39 Å². The standard InChI is InChI=1S/C16H18FN3O3/c17-10-1-2-14-13(9-10)19-16(23-14)18-12-3-6-20(15(12)21)11-4-7-22-8-5-11/h1-2,9,11-12H,3-8H2,(H,18,19). The number of nitrogens with one attached hydrogen (secondary N) is 1. The number of amides is 1. The van der Waals surface area contributed by atoms with E-state index < -0.39 is 0 Å². The first-order chi connectivity index (χ1) is 11.2. The Morgan fingerprint density at radius 1 is 1.26 bits per heavy atom. The fourth-order valence-corrected chi connectivity index (χ4v) is 3.31. The second-order valence-electron chi connectivity index (χ2n) is 5.99. The van der Waals surface area contributed by atoms with Crippen molar-refractivity contribution in [1.29, 1.82) is 0 Å². The Morgan fingerprint density at radius 2 is 2.09 bits per heavy atom. The molecule has 7 heteroatoms. The molecule has 1 aromatic heterocycles. The second-order valence-corrected chi connectivity index (χ2v) is 5.99. The van der Waals surface area contributed by atoms with Gasteiger partial charge in [0.05, 0.1) is 0 Å². The molecule has 2 saturated heterocycles. The van der Waals surface area contributed by atoms with Gasteiger partial charge in [0, 0.05) is 31.9 Å². The van der Waals surface area contributed by atoms with Crippen molar-refractivity contribution in [2.45, 2.75) is 31.3 Å². The van der Waals surface area contributed by atoms with Gasteiger partial charge >= 0.3 is 0 Å². The number of ether oxygens (including phenoxy) is 1. The van der Waals surface area contributed by atoms with Gasteiger partial charge in [-0.05, 0) is 31.4 Å². The van der Waals surface area contributed by atoms with E-state index in [2.05, 4.69) is 10.3 Å². The van der Waals surface area contributed by atoms with Gasteiger partial charge in [0.2, 0.25) is 5.91 Å². The molecule has 1 atom stereocenters. The molecule has 4 rings (SSSR count). The van der Waals surface area contributed by atoms with Gasteiger partial charge in [0.25, 0.3) is 6.01 Å². The highest BCUT2D eigenvalue weighted by Crippen LogP contribution is 2.25. The topological polar surface area (TPSA) is 67.6 Å². The Morgan fingerprint density at radius 3 is 2.91 bits per heavy atom. The molecular weight excluding hydrogens is 301 g/mol. The third kappa shape index (κ3) is 2.76. The molecule has 0 radical (unpaired) electrons. The summed E-state index contributed by atoms with van der Waals surface area (Å²) in [5.74, 6) is -0.287. The van der Waals surface area contributed by atoms with Crippen LogP contribution in [0.1, 0.15) is 19.3 Å². The van der Waals surface area contributed by atoms with Crippen molar-refractivity contribution in [2.24, 2.45) is 0 Å². The predicted molar refractivity (Wildman–Crippen MR) is 81.5 cm³/mol. The van der Waals surface area contributed by atoms with Crippen LogP contribution < -0.4 is 5.32 Å². The van der Waals surface area contributed by atoms with E-state index in [0.29, 0.717) is 30.7 Å². The summed E-state index contributed by atoms with van der Waals surface area (Å²) in [5.41, 5.74) is 0.944. The average Bonchev–Trinajstić information content (AvgIpc) is 3.12. The summed E-state index contributed by atoms with van der Waals surface area (Å²) in [4.78, 5) is 18.7. The van der Waals surface area contributed by atoms with Crippen LogP contribution in [0.2, 0.25) is 0 Å². The zero-order valence-electron chi connectivity index (χ0n) is 12.6. The zero-order valence-corrected chi connectivity index (χ0v) is 12.6. The van der Waals surface area contributed by atoms with Crippen molar-refractivity contribution in [1.82, 2.24) is 9.88 Å². The monoisotopic (exact) mass is 319 g/mol. The van der Waals surface area contributed by atoms with Crippen LogP contribution in [0, 0.1) is 5.82 Å². The zero-order chi connectivity index (χ0) is 15.8. The smallest absolute Gasteiger partial charge is 0.296 e. The van der Waals surface area contributed by atoms with Gasteiger partial charge in [0.1, 0.15) is 17.4 Å². The Hall–Kier alpha value is -2.15. The number of hydrogen-bond acceptors (Lipinski definition) is 5. The molecule has 0 saturated carbocycles. The number of rotatable bonds is 3. The number of likely N-dealkylation sites (tertiary alicyclic amines) is 1. The van der Waals surface area contributed by atoms with Crippen molar-refractivity contribution in [2.75, 3.05) is 25.1 Å².